The van der Waals surface area contributed by atoms with Crippen LogP contribution in [-0.4, -0.2) is 42.5 Å². The van der Waals surface area contributed by atoms with E-state index in [9.17, 15) is 4.79 Å². The minimum atomic E-state index is 0.156. The van der Waals surface area contributed by atoms with E-state index in [0.717, 1.165) is 45.3 Å². The van der Waals surface area contributed by atoms with Crippen LogP contribution in [0, 0.1) is 5.92 Å². The summed E-state index contributed by atoms with van der Waals surface area (Å²) in [7, 11) is 1.70. The van der Waals surface area contributed by atoms with Gasteiger partial charge in [0.15, 0.2) is 0 Å². The minimum absolute atomic E-state index is 0.156. The van der Waals surface area contributed by atoms with Crippen molar-refractivity contribution in [3.63, 3.8) is 0 Å². The normalized spacial score (nSPS) is 21.7. The molecule has 4 nitrogen and oxygen atoms in total. The van der Waals surface area contributed by atoms with Crippen LogP contribution in [0.4, 0.5) is 0 Å². The summed E-state index contributed by atoms with van der Waals surface area (Å²) in [5.41, 5.74) is 5.45. The number of carbonyl (C=O) groups is 1. The van der Waals surface area contributed by atoms with Crippen molar-refractivity contribution in [1.29, 1.82) is 0 Å². The number of thiocarbonyl (C=S) groups is 1. The standard InChI is InChI=1S/C11H21N3OS/c1-13-11(15)9-4-2-6-14(8-9)7-3-5-10(12)16/h9H,2-8H2,1H3,(H2,12,16)(H,13,15). The van der Waals surface area contributed by atoms with Crippen molar-refractivity contribution in [2.45, 2.75) is 25.7 Å². The lowest BCUT2D eigenvalue weighted by Crippen LogP contribution is -2.42. The summed E-state index contributed by atoms with van der Waals surface area (Å²) in [6, 6.07) is 0. The van der Waals surface area contributed by atoms with Crippen LogP contribution < -0.4 is 11.1 Å². The number of carbonyl (C=O) groups excluding carboxylic acids is 1. The number of nitrogens with zero attached hydrogens (tertiary/aromatic N) is 1. The Morgan fingerprint density at radius 3 is 3.00 bits per heavy atom. The topological polar surface area (TPSA) is 58.4 Å². The van der Waals surface area contributed by atoms with Crippen LogP contribution in [0.1, 0.15) is 25.7 Å². The first-order valence-electron chi connectivity index (χ1n) is 5.85. The van der Waals surface area contributed by atoms with E-state index in [1.165, 1.54) is 0 Å². The Bertz CT molecular complexity index is 258. The van der Waals surface area contributed by atoms with Crippen LogP contribution >= 0.6 is 12.2 Å². The highest BCUT2D eigenvalue weighted by Crippen LogP contribution is 2.16. The highest BCUT2D eigenvalue weighted by Gasteiger charge is 2.24. The first kappa shape index (κ1) is 13.4. The van der Waals surface area contributed by atoms with E-state index in [1.54, 1.807) is 7.05 Å². The zero-order chi connectivity index (χ0) is 12.0. The quantitative estimate of drug-likeness (QED) is 0.691. The van der Waals surface area contributed by atoms with E-state index in [4.69, 9.17) is 18.0 Å². The second kappa shape index (κ2) is 6.81. The van der Waals surface area contributed by atoms with Gasteiger partial charge in [0.1, 0.15) is 0 Å². The minimum Gasteiger partial charge on any atom is -0.393 e. The molecule has 1 rings (SSSR count). The first-order chi connectivity index (χ1) is 7.63. The summed E-state index contributed by atoms with van der Waals surface area (Å²) in [6.45, 7) is 2.95. The number of hydrogen-bond acceptors (Lipinski definition) is 3. The summed E-state index contributed by atoms with van der Waals surface area (Å²) in [5, 5.41) is 2.72. The van der Waals surface area contributed by atoms with Gasteiger partial charge in [0.25, 0.3) is 0 Å². The van der Waals surface area contributed by atoms with E-state index >= 15 is 0 Å². The SMILES string of the molecule is CNC(=O)C1CCCN(CCCC(N)=S)C1. The van der Waals surface area contributed by atoms with Crippen molar-refractivity contribution in [3.8, 4) is 0 Å². The number of nitrogens with one attached hydrogen (secondary N) is 1. The third kappa shape index (κ3) is 4.45. The van der Waals surface area contributed by atoms with Gasteiger partial charge in [0, 0.05) is 13.6 Å². The van der Waals surface area contributed by atoms with Crippen molar-refractivity contribution in [2.75, 3.05) is 26.7 Å². The van der Waals surface area contributed by atoms with Gasteiger partial charge in [0.05, 0.1) is 10.9 Å². The van der Waals surface area contributed by atoms with Crippen molar-refractivity contribution < 1.29 is 4.79 Å². The fraction of sp³-hybridized carbons (Fsp3) is 0.818. The van der Waals surface area contributed by atoms with Gasteiger partial charge in [-0.2, -0.15) is 0 Å². The Labute approximate surface area is 103 Å². The molecular formula is C11H21N3OS. The van der Waals surface area contributed by atoms with E-state index in [2.05, 4.69) is 10.2 Å². The maximum atomic E-state index is 11.5. The lowest BCUT2D eigenvalue weighted by atomic mass is 9.97. The Morgan fingerprint density at radius 2 is 2.38 bits per heavy atom. The highest BCUT2D eigenvalue weighted by atomic mass is 32.1. The number of hydrogen-bond donors (Lipinski definition) is 2. The van der Waals surface area contributed by atoms with Gasteiger partial charge in [-0.1, -0.05) is 12.2 Å². The lowest BCUT2D eigenvalue weighted by Gasteiger charge is -2.31. The van der Waals surface area contributed by atoms with E-state index in [0.29, 0.717) is 4.99 Å². The number of amides is 1. The third-order valence-electron chi connectivity index (χ3n) is 3.02. The van der Waals surface area contributed by atoms with Crippen molar-refractivity contribution in [1.82, 2.24) is 10.2 Å². The van der Waals surface area contributed by atoms with Crippen molar-refractivity contribution in [3.05, 3.63) is 0 Å². The maximum Gasteiger partial charge on any atom is 0.224 e. The lowest BCUT2D eigenvalue weighted by molar-refractivity contribution is -0.126. The van der Waals surface area contributed by atoms with E-state index in [1.807, 2.05) is 0 Å². The molecule has 1 aliphatic heterocycles. The second-order valence-electron chi connectivity index (χ2n) is 4.32. The van der Waals surface area contributed by atoms with Gasteiger partial charge in [-0.05, 0) is 38.8 Å². The molecule has 0 aromatic heterocycles. The second-order valence-corrected chi connectivity index (χ2v) is 4.85. The predicted molar refractivity (Wildman–Crippen MR) is 69.3 cm³/mol. The molecule has 5 heteroatoms. The maximum absolute atomic E-state index is 11.5. The van der Waals surface area contributed by atoms with Crippen LogP contribution in [0.15, 0.2) is 0 Å². The molecule has 16 heavy (non-hydrogen) atoms. The van der Waals surface area contributed by atoms with Crippen LogP contribution in [0.5, 0.6) is 0 Å². The largest absolute Gasteiger partial charge is 0.393 e. The highest BCUT2D eigenvalue weighted by molar-refractivity contribution is 7.80. The Morgan fingerprint density at radius 1 is 1.62 bits per heavy atom. The third-order valence-corrected chi connectivity index (χ3v) is 3.22. The monoisotopic (exact) mass is 243 g/mol. The number of likely N-dealkylation sites (tertiary alicyclic amines) is 1. The van der Waals surface area contributed by atoms with Crippen LogP contribution in [0.2, 0.25) is 0 Å². The molecule has 0 bridgehead atoms. The fourth-order valence-electron chi connectivity index (χ4n) is 2.15. The fourth-order valence-corrected chi connectivity index (χ4v) is 2.30. The molecular weight excluding hydrogens is 222 g/mol. The Balaban J connectivity index is 2.27. The number of rotatable bonds is 5. The smallest absolute Gasteiger partial charge is 0.224 e. The summed E-state index contributed by atoms with van der Waals surface area (Å²) >= 11 is 4.84. The molecule has 1 amide bonds. The molecule has 1 aliphatic rings. The van der Waals surface area contributed by atoms with Gasteiger partial charge in [-0.25, -0.2) is 0 Å². The molecule has 0 aromatic rings. The molecule has 1 saturated heterocycles. The summed E-state index contributed by atoms with van der Waals surface area (Å²) in [5.74, 6) is 0.322. The van der Waals surface area contributed by atoms with Gasteiger partial charge in [0.2, 0.25) is 5.91 Å². The molecule has 0 aromatic carbocycles. The molecule has 0 spiro atoms. The summed E-state index contributed by atoms with van der Waals surface area (Å²) in [4.78, 5) is 14.4. The molecule has 0 aliphatic carbocycles. The van der Waals surface area contributed by atoms with Crippen molar-refractivity contribution >= 4 is 23.1 Å². The molecule has 1 fully saturated rings. The summed E-state index contributed by atoms with van der Waals surface area (Å²) in [6.07, 6.45) is 3.91. The zero-order valence-electron chi connectivity index (χ0n) is 9.87. The van der Waals surface area contributed by atoms with Crippen LogP contribution in [0.25, 0.3) is 0 Å². The first-order valence-corrected chi connectivity index (χ1v) is 6.26. The van der Waals surface area contributed by atoms with Gasteiger partial charge < -0.3 is 16.0 Å². The predicted octanol–water partition coefficient (Wildman–Crippen LogP) is 0.511. The van der Waals surface area contributed by atoms with Crippen LogP contribution in [0.3, 0.4) is 0 Å². The molecule has 0 radical (unpaired) electrons. The van der Waals surface area contributed by atoms with Gasteiger partial charge in [-0.3, -0.25) is 4.79 Å². The molecule has 92 valence electrons. The average molecular weight is 243 g/mol. The number of piperidine rings is 1. The summed E-state index contributed by atoms with van der Waals surface area (Å²) < 4.78 is 0. The van der Waals surface area contributed by atoms with Gasteiger partial charge >= 0.3 is 0 Å². The Kier molecular flexibility index (Phi) is 5.69. The molecule has 1 unspecified atom stereocenters. The molecule has 1 heterocycles. The van der Waals surface area contributed by atoms with Gasteiger partial charge in [-0.15, -0.1) is 0 Å². The average Bonchev–Trinajstić information content (AvgIpc) is 2.28. The molecule has 1 atom stereocenters. The number of nitrogens with two attached hydrogens (primary N) is 1. The van der Waals surface area contributed by atoms with Crippen molar-refractivity contribution in [2.24, 2.45) is 11.7 Å². The Hall–Kier alpha value is -0.680. The zero-order valence-corrected chi connectivity index (χ0v) is 10.7. The molecule has 3 N–H and O–H groups in total. The van der Waals surface area contributed by atoms with E-state index < -0.39 is 0 Å². The molecule has 0 saturated carbocycles. The van der Waals surface area contributed by atoms with E-state index in [-0.39, 0.29) is 11.8 Å². The van der Waals surface area contributed by atoms with Crippen LogP contribution in [-0.2, 0) is 4.79 Å².